The first kappa shape index (κ1) is 30.4. The minimum Gasteiger partial charge on any atom is -0.457 e. The normalized spacial score (nSPS) is 31.0. The van der Waals surface area contributed by atoms with Crippen molar-refractivity contribution >= 4 is 29.2 Å². The topological polar surface area (TPSA) is 96.7 Å². The maximum absolute atomic E-state index is 13.6. The summed E-state index contributed by atoms with van der Waals surface area (Å²) in [6.45, 7) is 13.3. The van der Waals surface area contributed by atoms with E-state index in [-0.39, 0.29) is 18.1 Å². The molecule has 7 heteroatoms. The molecule has 36 heavy (non-hydrogen) atoms. The van der Waals surface area contributed by atoms with Gasteiger partial charge >= 0.3 is 5.97 Å². The summed E-state index contributed by atoms with van der Waals surface area (Å²) in [5.41, 5.74) is 1.72. The molecule has 6 nitrogen and oxygen atoms in total. The smallest absolute Gasteiger partial charge is 0.309 e. The fourth-order valence-corrected chi connectivity index (χ4v) is 5.38. The Balaban J connectivity index is 2.36. The average Bonchev–Trinajstić information content (AvgIpc) is 3.22. The van der Waals surface area contributed by atoms with Crippen LogP contribution in [0.2, 0.25) is 0 Å². The molecule has 1 unspecified atom stereocenters. The number of aliphatic hydroxyl groups is 2. The van der Waals surface area contributed by atoms with Crippen LogP contribution in [0.1, 0.15) is 97.2 Å². The van der Waals surface area contributed by atoms with Crippen molar-refractivity contribution in [3.63, 3.8) is 0 Å². The van der Waals surface area contributed by atoms with Crippen LogP contribution in [-0.2, 0) is 14.3 Å². The van der Waals surface area contributed by atoms with Crippen molar-refractivity contribution in [2.45, 2.75) is 112 Å². The zero-order valence-electron chi connectivity index (χ0n) is 23.0. The highest BCUT2D eigenvalue weighted by Crippen LogP contribution is 2.34. The highest BCUT2D eigenvalue weighted by molar-refractivity contribution is 7.09. The highest BCUT2D eigenvalue weighted by Gasteiger charge is 2.43. The van der Waals surface area contributed by atoms with E-state index in [1.54, 1.807) is 25.2 Å². The first-order chi connectivity index (χ1) is 16.9. The van der Waals surface area contributed by atoms with Gasteiger partial charge in [-0.15, -0.1) is 11.3 Å². The third-order valence-corrected chi connectivity index (χ3v) is 8.26. The van der Waals surface area contributed by atoms with Crippen molar-refractivity contribution in [2.75, 3.05) is 0 Å². The van der Waals surface area contributed by atoms with Gasteiger partial charge in [-0.2, -0.15) is 0 Å². The number of carbonyl (C=O) groups is 2. The zero-order valence-corrected chi connectivity index (χ0v) is 23.9. The molecule has 0 spiro atoms. The van der Waals surface area contributed by atoms with E-state index < -0.39 is 35.6 Å². The Bertz CT molecular complexity index is 947. The number of carbonyl (C=O) groups excluding carboxylic acids is 2. The highest BCUT2D eigenvalue weighted by atomic mass is 32.1. The van der Waals surface area contributed by atoms with Crippen molar-refractivity contribution in [3.05, 3.63) is 33.3 Å². The summed E-state index contributed by atoms with van der Waals surface area (Å²) in [4.78, 5) is 31.0. The molecule has 2 N–H and O–H groups in total. The van der Waals surface area contributed by atoms with Crippen LogP contribution in [0.15, 0.2) is 22.6 Å². The minimum atomic E-state index is -1.21. The minimum absolute atomic E-state index is 0.0383. The fourth-order valence-electron chi connectivity index (χ4n) is 4.81. The zero-order chi connectivity index (χ0) is 27.0. The SMILES string of the molecule is CCC[C@H]1C(=O)C(C)(C)[C@@H](O)CC(=O)OC(/C(C)=C/c2csc(C)n2)C/C=C(/C)CCC[C@H](C)[C@@H]1O. The molecule has 202 valence electrons. The van der Waals surface area contributed by atoms with Gasteiger partial charge in [0.2, 0.25) is 0 Å². The summed E-state index contributed by atoms with van der Waals surface area (Å²) in [5.74, 6) is -1.35. The number of aryl methyl sites for hydroxylation is 1. The van der Waals surface area contributed by atoms with Crippen LogP contribution in [0.5, 0.6) is 0 Å². The molecular formula is C29H45NO5S. The number of Topliss-reactive ketones (excluding diaryl/α,β-unsaturated/α-hetero) is 1. The number of ether oxygens (including phenoxy) is 1. The summed E-state index contributed by atoms with van der Waals surface area (Å²) in [6.07, 6.45) is 5.70. The number of hydrogen-bond acceptors (Lipinski definition) is 7. The molecule has 5 atom stereocenters. The van der Waals surface area contributed by atoms with E-state index in [1.165, 1.54) is 5.57 Å². The number of nitrogens with zero attached hydrogens (tertiary/aromatic N) is 1. The van der Waals surface area contributed by atoms with Gasteiger partial charge in [0.25, 0.3) is 0 Å². The summed E-state index contributed by atoms with van der Waals surface area (Å²) in [6, 6.07) is 0. The summed E-state index contributed by atoms with van der Waals surface area (Å²) in [5, 5.41) is 25.0. The van der Waals surface area contributed by atoms with Crippen LogP contribution in [0.4, 0.5) is 0 Å². The molecule has 0 radical (unpaired) electrons. The number of esters is 1. The van der Waals surface area contributed by atoms with E-state index in [0.29, 0.717) is 12.8 Å². The number of aliphatic hydroxyl groups excluding tert-OH is 2. The van der Waals surface area contributed by atoms with E-state index in [0.717, 1.165) is 42.0 Å². The Morgan fingerprint density at radius 2 is 1.97 bits per heavy atom. The van der Waals surface area contributed by atoms with Gasteiger partial charge < -0.3 is 14.9 Å². The molecule has 0 saturated heterocycles. The predicted molar refractivity (Wildman–Crippen MR) is 146 cm³/mol. The molecule has 0 amide bonds. The molecule has 0 bridgehead atoms. The molecule has 1 aromatic rings. The van der Waals surface area contributed by atoms with Gasteiger partial charge in [0.05, 0.1) is 34.7 Å². The van der Waals surface area contributed by atoms with Gasteiger partial charge in [-0.1, -0.05) is 45.8 Å². The van der Waals surface area contributed by atoms with Crippen molar-refractivity contribution in [1.29, 1.82) is 0 Å². The lowest BCUT2D eigenvalue weighted by molar-refractivity contribution is -0.154. The molecule has 0 saturated carbocycles. The molecule has 1 aliphatic rings. The lowest BCUT2D eigenvalue weighted by Gasteiger charge is -2.36. The number of cyclic esters (lactones) is 1. The number of ketones is 1. The van der Waals surface area contributed by atoms with Crippen LogP contribution in [0.3, 0.4) is 0 Å². The van der Waals surface area contributed by atoms with Gasteiger partial charge in [-0.25, -0.2) is 4.98 Å². The van der Waals surface area contributed by atoms with Crippen molar-refractivity contribution in [1.82, 2.24) is 4.98 Å². The number of rotatable bonds is 4. The monoisotopic (exact) mass is 519 g/mol. The summed E-state index contributed by atoms with van der Waals surface area (Å²) < 4.78 is 5.86. The first-order valence-electron chi connectivity index (χ1n) is 13.2. The van der Waals surface area contributed by atoms with E-state index in [2.05, 4.69) is 18.0 Å². The third-order valence-electron chi connectivity index (χ3n) is 7.46. The molecule has 1 aromatic heterocycles. The molecule has 1 aliphatic heterocycles. The van der Waals surface area contributed by atoms with Gasteiger partial charge in [0.15, 0.2) is 0 Å². The maximum Gasteiger partial charge on any atom is 0.309 e. The lowest BCUT2D eigenvalue weighted by Crippen LogP contribution is -2.46. The third kappa shape index (κ3) is 8.35. The second kappa shape index (κ2) is 13.6. The number of aromatic nitrogens is 1. The quantitative estimate of drug-likeness (QED) is 0.371. The number of hydrogen-bond donors (Lipinski definition) is 2. The molecule has 2 rings (SSSR count). The first-order valence-corrected chi connectivity index (χ1v) is 14.1. The lowest BCUT2D eigenvalue weighted by atomic mass is 9.71. The van der Waals surface area contributed by atoms with Crippen LogP contribution in [-0.4, -0.2) is 45.3 Å². The second-order valence-electron chi connectivity index (χ2n) is 11.0. The van der Waals surface area contributed by atoms with Crippen LogP contribution in [0.25, 0.3) is 6.08 Å². The van der Waals surface area contributed by atoms with E-state index in [9.17, 15) is 19.8 Å². The van der Waals surface area contributed by atoms with Crippen LogP contribution < -0.4 is 0 Å². The molecule has 0 fully saturated rings. The van der Waals surface area contributed by atoms with Crippen LogP contribution in [0, 0.1) is 24.2 Å². The van der Waals surface area contributed by atoms with Gasteiger partial charge in [0.1, 0.15) is 11.9 Å². The van der Waals surface area contributed by atoms with Crippen molar-refractivity contribution in [3.8, 4) is 0 Å². The Kier molecular flexibility index (Phi) is 11.5. The average molecular weight is 520 g/mol. The standard InChI is InChI=1S/C29H45NO5S/c1-8-10-23-27(33)19(3)12-9-11-18(2)13-14-24(20(4)15-22-17-36-21(5)30-22)35-26(32)16-25(31)29(6,7)28(23)34/h13,15,17,19,23-25,27,31,33H,8-12,14,16H2,1-7H3/b18-13-,20-15+/t19-,23+,24?,25-,27-/m0/s1. The Hall–Kier alpha value is -1.83. The van der Waals surface area contributed by atoms with E-state index in [1.807, 2.05) is 39.2 Å². The van der Waals surface area contributed by atoms with Crippen molar-refractivity contribution in [2.24, 2.45) is 17.3 Å². The second-order valence-corrected chi connectivity index (χ2v) is 12.1. The van der Waals surface area contributed by atoms with Gasteiger partial charge in [-0.05, 0) is 64.0 Å². The van der Waals surface area contributed by atoms with Gasteiger partial charge in [0, 0.05) is 17.7 Å². The van der Waals surface area contributed by atoms with E-state index >= 15 is 0 Å². The largest absolute Gasteiger partial charge is 0.457 e. The maximum atomic E-state index is 13.6. The van der Waals surface area contributed by atoms with E-state index in [4.69, 9.17) is 4.74 Å². The van der Waals surface area contributed by atoms with Gasteiger partial charge in [-0.3, -0.25) is 9.59 Å². The number of thiazole rings is 1. The molecule has 0 aromatic carbocycles. The van der Waals surface area contributed by atoms with Crippen molar-refractivity contribution < 1.29 is 24.5 Å². The molecule has 0 aliphatic carbocycles. The summed E-state index contributed by atoms with van der Waals surface area (Å²) in [7, 11) is 0. The summed E-state index contributed by atoms with van der Waals surface area (Å²) >= 11 is 1.57. The Morgan fingerprint density at radius 3 is 2.58 bits per heavy atom. The Morgan fingerprint density at radius 1 is 1.28 bits per heavy atom. The fraction of sp³-hybridized carbons (Fsp3) is 0.690. The number of allylic oxidation sites excluding steroid dienone is 1. The molecule has 2 heterocycles. The predicted octanol–water partition coefficient (Wildman–Crippen LogP) is 6.05. The van der Waals surface area contributed by atoms with Crippen LogP contribution >= 0.6 is 11.3 Å². The Labute approximate surface area is 220 Å². The molecular weight excluding hydrogens is 474 g/mol.